The number of hydrogen-bond acceptors (Lipinski definition) is 3. The van der Waals surface area contributed by atoms with Gasteiger partial charge in [0.2, 0.25) is 0 Å². The summed E-state index contributed by atoms with van der Waals surface area (Å²) in [4.78, 5) is 19.7. The van der Waals surface area contributed by atoms with Gasteiger partial charge in [-0.05, 0) is 30.0 Å². The summed E-state index contributed by atoms with van der Waals surface area (Å²) in [6, 6.07) is 7.88. The first-order chi connectivity index (χ1) is 9.99. The van der Waals surface area contributed by atoms with E-state index in [1.54, 1.807) is 24.3 Å². The molecule has 0 aliphatic rings. The summed E-state index contributed by atoms with van der Waals surface area (Å²) < 4.78 is 13.7. The van der Waals surface area contributed by atoms with Gasteiger partial charge in [0.25, 0.3) is 0 Å². The fourth-order valence-corrected chi connectivity index (χ4v) is 2.10. The first-order valence-corrected chi connectivity index (χ1v) is 6.77. The van der Waals surface area contributed by atoms with Gasteiger partial charge in [-0.3, -0.25) is 4.79 Å². The Bertz CT molecular complexity index is 644. The molecule has 0 fully saturated rings. The van der Waals surface area contributed by atoms with Crippen molar-refractivity contribution in [1.82, 2.24) is 9.97 Å². The van der Waals surface area contributed by atoms with Crippen LogP contribution >= 0.6 is 0 Å². The molecular weight excluding hydrogens is 271 g/mol. The number of rotatable bonds is 5. The molecule has 1 atom stereocenters. The lowest BCUT2D eigenvalue weighted by atomic mass is 9.94. The topological polar surface area (TPSA) is 63.1 Å². The molecule has 0 aliphatic carbocycles. The fraction of sp³-hybridized carbons (Fsp3) is 0.312. The maximum absolute atomic E-state index is 13.7. The number of benzene rings is 1. The molecule has 1 heterocycles. The van der Waals surface area contributed by atoms with Crippen LogP contribution in [0.4, 0.5) is 4.39 Å². The Morgan fingerprint density at radius 2 is 1.90 bits per heavy atom. The lowest BCUT2D eigenvalue weighted by molar-refractivity contribution is -0.138. The third-order valence-corrected chi connectivity index (χ3v) is 3.34. The highest BCUT2D eigenvalue weighted by molar-refractivity contribution is 5.75. The van der Waals surface area contributed by atoms with Gasteiger partial charge in [0.15, 0.2) is 0 Å². The first kappa shape index (κ1) is 15.1. The number of nitrogens with zero attached hydrogens (tertiary/aromatic N) is 2. The Morgan fingerprint density at radius 1 is 1.24 bits per heavy atom. The molecule has 0 spiro atoms. The van der Waals surface area contributed by atoms with Crippen molar-refractivity contribution in [2.75, 3.05) is 0 Å². The molecule has 0 bridgehead atoms. The van der Waals surface area contributed by atoms with Gasteiger partial charge in [-0.2, -0.15) is 0 Å². The van der Waals surface area contributed by atoms with E-state index in [9.17, 15) is 14.3 Å². The molecule has 1 N–H and O–H groups in total. The summed E-state index contributed by atoms with van der Waals surface area (Å²) in [5.41, 5.74) is 1.55. The van der Waals surface area contributed by atoms with Gasteiger partial charge >= 0.3 is 5.97 Å². The van der Waals surface area contributed by atoms with E-state index in [1.165, 1.54) is 12.4 Å². The molecule has 0 amide bonds. The summed E-state index contributed by atoms with van der Waals surface area (Å²) in [7, 11) is 0. The van der Waals surface area contributed by atoms with E-state index in [2.05, 4.69) is 9.97 Å². The molecule has 0 aliphatic heterocycles. The average Bonchev–Trinajstić information content (AvgIpc) is 2.46. The predicted octanol–water partition coefficient (Wildman–Crippen LogP) is 3.15. The van der Waals surface area contributed by atoms with Crippen molar-refractivity contribution in [3.8, 4) is 0 Å². The lowest BCUT2D eigenvalue weighted by Gasteiger charge is -2.14. The highest BCUT2D eigenvalue weighted by Crippen LogP contribution is 2.23. The Morgan fingerprint density at radius 3 is 2.52 bits per heavy atom. The van der Waals surface area contributed by atoms with Gasteiger partial charge in [0, 0.05) is 5.69 Å². The van der Waals surface area contributed by atoms with Crippen LogP contribution in [-0.2, 0) is 11.2 Å². The largest absolute Gasteiger partial charge is 0.481 e. The van der Waals surface area contributed by atoms with E-state index in [-0.39, 0.29) is 12.3 Å². The zero-order valence-electron chi connectivity index (χ0n) is 12.0. The molecule has 2 aromatic rings. The average molecular weight is 288 g/mol. The molecule has 110 valence electrons. The van der Waals surface area contributed by atoms with E-state index in [4.69, 9.17) is 0 Å². The minimum atomic E-state index is -1.02. The zero-order chi connectivity index (χ0) is 15.4. The van der Waals surface area contributed by atoms with Crippen molar-refractivity contribution in [3.63, 3.8) is 0 Å². The number of aromatic nitrogens is 2. The SMILES string of the molecule is CC(C)c1cc(C(Cc2ccccc2F)C(=O)O)ncn1. The van der Waals surface area contributed by atoms with Gasteiger partial charge in [-0.25, -0.2) is 14.4 Å². The molecule has 0 saturated carbocycles. The third kappa shape index (κ3) is 3.62. The highest BCUT2D eigenvalue weighted by Gasteiger charge is 2.24. The molecule has 4 nitrogen and oxygen atoms in total. The molecule has 1 unspecified atom stereocenters. The third-order valence-electron chi connectivity index (χ3n) is 3.34. The minimum Gasteiger partial charge on any atom is -0.481 e. The van der Waals surface area contributed by atoms with Crippen LogP contribution in [0.1, 0.15) is 42.6 Å². The summed E-state index contributed by atoms with van der Waals surface area (Å²) in [5.74, 6) is -2.13. The van der Waals surface area contributed by atoms with Gasteiger partial charge in [-0.1, -0.05) is 32.0 Å². The molecule has 21 heavy (non-hydrogen) atoms. The van der Waals surface area contributed by atoms with E-state index < -0.39 is 17.7 Å². The van der Waals surface area contributed by atoms with Crippen molar-refractivity contribution in [2.45, 2.75) is 32.1 Å². The van der Waals surface area contributed by atoms with E-state index in [0.29, 0.717) is 11.3 Å². The molecule has 2 rings (SSSR count). The van der Waals surface area contributed by atoms with E-state index in [0.717, 1.165) is 5.69 Å². The van der Waals surface area contributed by atoms with E-state index >= 15 is 0 Å². The zero-order valence-corrected chi connectivity index (χ0v) is 12.0. The minimum absolute atomic E-state index is 0.0660. The van der Waals surface area contributed by atoms with E-state index in [1.807, 2.05) is 13.8 Å². The quantitative estimate of drug-likeness (QED) is 0.918. The predicted molar refractivity (Wildman–Crippen MR) is 76.6 cm³/mol. The smallest absolute Gasteiger partial charge is 0.312 e. The summed E-state index contributed by atoms with van der Waals surface area (Å²) in [5, 5.41) is 9.43. The Kier molecular flexibility index (Phi) is 4.62. The van der Waals surface area contributed by atoms with Crippen LogP contribution < -0.4 is 0 Å². The molecule has 1 aromatic carbocycles. The number of carboxylic acid groups (broad SMARTS) is 1. The number of aliphatic carboxylic acids is 1. The van der Waals surface area contributed by atoms with Crippen LogP contribution in [0.5, 0.6) is 0 Å². The summed E-state index contributed by atoms with van der Waals surface area (Å²) >= 11 is 0. The van der Waals surface area contributed by atoms with Crippen LogP contribution in [0, 0.1) is 5.82 Å². The Labute approximate surface area is 122 Å². The van der Waals surface area contributed by atoms with Gasteiger partial charge in [-0.15, -0.1) is 0 Å². The number of carboxylic acids is 1. The fourth-order valence-electron chi connectivity index (χ4n) is 2.10. The second kappa shape index (κ2) is 6.43. The van der Waals surface area contributed by atoms with Crippen molar-refractivity contribution < 1.29 is 14.3 Å². The molecule has 5 heteroatoms. The Balaban J connectivity index is 2.34. The van der Waals surface area contributed by atoms with Gasteiger partial charge in [0.05, 0.1) is 5.69 Å². The Hall–Kier alpha value is -2.30. The monoisotopic (exact) mass is 288 g/mol. The molecule has 0 radical (unpaired) electrons. The number of halogens is 1. The number of hydrogen-bond donors (Lipinski definition) is 1. The van der Waals surface area contributed by atoms with Crippen LogP contribution in [0.25, 0.3) is 0 Å². The summed E-state index contributed by atoms with van der Waals surface area (Å²) in [6.07, 6.45) is 1.43. The van der Waals surface area contributed by atoms with Crippen LogP contribution in [0.3, 0.4) is 0 Å². The molecular formula is C16H17FN2O2. The molecule has 0 saturated heterocycles. The summed E-state index contributed by atoms with van der Waals surface area (Å²) in [6.45, 7) is 3.94. The van der Waals surface area contributed by atoms with Crippen LogP contribution in [-0.4, -0.2) is 21.0 Å². The lowest BCUT2D eigenvalue weighted by Crippen LogP contribution is -2.17. The number of carbonyl (C=O) groups is 1. The van der Waals surface area contributed by atoms with Gasteiger partial charge < -0.3 is 5.11 Å². The van der Waals surface area contributed by atoms with Gasteiger partial charge in [0.1, 0.15) is 18.1 Å². The second-order valence-electron chi connectivity index (χ2n) is 5.21. The maximum Gasteiger partial charge on any atom is 0.312 e. The van der Waals surface area contributed by atoms with Crippen molar-refractivity contribution in [1.29, 1.82) is 0 Å². The molecule has 1 aromatic heterocycles. The normalized spacial score (nSPS) is 12.4. The van der Waals surface area contributed by atoms with Crippen LogP contribution in [0.15, 0.2) is 36.7 Å². The van der Waals surface area contributed by atoms with Crippen molar-refractivity contribution in [2.24, 2.45) is 0 Å². The van der Waals surface area contributed by atoms with Crippen molar-refractivity contribution >= 4 is 5.97 Å². The first-order valence-electron chi connectivity index (χ1n) is 6.77. The second-order valence-corrected chi connectivity index (χ2v) is 5.21. The van der Waals surface area contributed by atoms with Crippen molar-refractivity contribution in [3.05, 3.63) is 59.4 Å². The maximum atomic E-state index is 13.7. The standard InChI is InChI=1S/C16H17FN2O2/c1-10(2)14-8-15(19-9-18-14)12(16(20)21)7-11-5-3-4-6-13(11)17/h3-6,8-10,12H,7H2,1-2H3,(H,20,21). The highest BCUT2D eigenvalue weighted by atomic mass is 19.1. The van der Waals surface area contributed by atoms with Crippen LogP contribution in [0.2, 0.25) is 0 Å².